The van der Waals surface area contributed by atoms with Crippen LogP contribution in [-0.2, 0) is 32.7 Å². The molecule has 0 atom stereocenters. The quantitative estimate of drug-likeness (QED) is 0.0560. The molecule has 754 valence electrons. The number of imidazole rings is 5. The van der Waals surface area contributed by atoms with E-state index in [0.717, 1.165) is 260 Å². The van der Waals surface area contributed by atoms with Crippen molar-refractivity contribution in [2.75, 3.05) is 90.8 Å². The van der Waals surface area contributed by atoms with Crippen molar-refractivity contribution in [1.82, 2.24) is 53.1 Å². The van der Waals surface area contributed by atoms with E-state index in [-0.39, 0.29) is 30.9 Å². The van der Waals surface area contributed by atoms with Crippen LogP contribution in [0.4, 0.5) is 56.1 Å². The Morgan fingerprint density at radius 3 is 1.14 bits per heavy atom. The lowest BCUT2D eigenvalue weighted by Gasteiger charge is -2.28. The molecule has 9 heterocycles. The van der Waals surface area contributed by atoms with Gasteiger partial charge in [0.15, 0.2) is 0 Å². The van der Waals surface area contributed by atoms with Crippen molar-refractivity contribution in [1.29, 1.82) is 0 Å². The van der Waals surface area contributed by atoms with Crippen LogP contribution in [0.1, 0.15) is 132 Å². The minimum absolute atomic E-state index is 0.106. The minimum atomic E-state index is -0.431. The Labute approximate surface area is 886 Å². The molecule has 4 aliphatic rings. The second-order valence-corrected chi connectivity index (χ2v) is 41.5. The second-order valence-electron chi connectivity index (χ2n) is 38.2. The zero-order valence-electron chi connectivity index (χ0n) is 82.2. The van der Waals surface area contributed by atoms with Crippen LogP contribution in [0.3, 0.4) is 0 Å². The number of nitrogens with zero attached hydrogens (tertiary/aromatic N) is 13. The van der Waals surface area contributed by atoms with E-state index >= 15 is 0 Å². The van der Waals surface area contributed by atoms with Gasteiger partial charge in [0.1, 0.15) is 34.9 Å². The molecule has 0 bridgehead atoms. The van der Waals surface area contributed by atoms with Crippen LogP contribution in [0.15, 0.2) is 224 Å². The normalized spacial score (nSPS) is 13.9. The summed E-state index contributed by atoms with van der Waals surface area (Å²) in [5.74, 6) is 2.68. The summed E-state index contributed by atoms with van der Waals surface area (Å²) in [6.07, 6.45) is 11.6. The maximum absolute atomic E-state index is 14.7. The number of rotatable bonds is 22. The predicted molar refractivity (Wildman–Crippen MR) is 593 cm³/mol. The van der Waals surface area contributed by atoms with Gasteiger partial charge in [-0.1, -0.05) is 185 Å². The topological polar surface area (TPSA) is 135 Å². The van der Waals surface area contributed by atoms with Gasteiger partial charge in [-0.15, -0.1) is 0 Å². The third-order valence-corrected chi connectivity index (χ3v) is 29.9. The Hall–Kier alpha value is -11.9. The molecule has 4 fully saturated rings. The van der Waals surface area contributed by atoms with Gasteiger partial charge in [-0.2, -0.15) is 0 Å². The largest absolute Gasteiger partial charge is 0.356 e. The Morgan fingerprint density at radius 1 is 0.315 bits per heavy atom. The number of nitrogens with one attached hydrogen (secondary N) is 3. The van der Waals surface area contributed by atoms with Crippen molar-refractivity contribution in [2.24, 2.45) is 5.92 Å². The van der Waals surface area contributed by atoms with E-state index in [1.165, 1.54) is 79.6 Å². The molecule has 0 radical (unpaired) electrons. The number of benzene rings is 13. The fraction of sp³-hybridized carbons (Fsp3) is 0.284. The summed E-state index contributed by atoms with van der Waals surface area (Å²) in [5.41, 5.74) is 26.4. The molecule has 30 heteroatoms. The molecule has 16 nitrogen and oxygen atoms in total. The minimum Gasteiger partial charge on any atom is -0.356 e. The average molecular weight is 2130 g/mol. The van der Waals surface area contributed by atoms with Gasteiger partial charge < -0.3 is 53.5 Å². The first-order chi connectivity index (χ1) is 70.5. The lowest BCUT2D eigenvalue weighted by Crippen LogP contribution is -2.45. The van der Waals surface area contributed by atoms with Crippen molar-refractivity contribution < 1.29 is 26.3 Å². The molecular formula is C116H112Cl8F6N16. The second kappa shape index (κ2) is 46.6. The van der Waals surface area contributed by atoms with Crippen molar-refractivity contribution in [3.63, 3.8) is 0 Å². The summed E-state index contributed by atoms with van der Waals surface area (Å²) in [6, 6.07) is 67.4. The molecule has 0 spiro atoms. The molecule has 22 rings (SSSR count). The monoisotopic (exact) mass is 2120 g/mol. The number of aromatic nitrogens is 10. The van der Waals surface area contributed by atoms with Gasteiger partial charge in [0.2, 0.25) is 29.7 Å². The van der Waals surface area contributed by atoms with E-state index in [2.05, 4.69) is 131 Å². The summed E-state index contributed by atoms with van der Waals surface area (Å²) < 4.78 is 93.7. The van der Waals surface area contributed by atoms with Gasteiger partial charge >= 0.3 is 0 Å². The van der Waals surface area contributed by atoms with E-state index in [9.17, 15) is 26.3 Å². The first-order valence-corrected chi connectivity index (χ1v) is 52.6. The van der Waals surface area contributed by atoms with Crippen molar-refractivity contribution in [3.05, 3.63) is 361 Å². The maximum Gasteiger partial charge on any atom is 0.206 e. The molecular weight excluding hydrogens is 2010 g/mol. The SMILES string of the molecule is CCCNc1nc2c(-c3ccccc3Cl)c(C)c(C)cc2n1Cc1ccc(F)c(Cl)c1.Cc1cc(-c2ccccc2Cl)c2nc(N3CCCCC3)n(Cc3ccc(F)c(Cl)c3)c2c1.Cc1cc(-c2ccccc2F)c2nc(N3CCCCC3)n(Cc3ccc(F)c(Cl)c3)c2c1.Cc1cc2nc(NCC3CNC3)n(Cc3ccc(F)c(Cl)c3)c2cc1C.Fc1ccc(Cn2c(N3CCCCC3)nc3ccc(Cl)cc32)cc1Cl. The highest BCUT2D eigenvalue weighted by Crippen LogP contribution is 2.44. The molecule has 4 saturated heterocycles. The maximum atomic E-state index is 14.7. The molecule has 13 aromatic carbocycles. The van der Waals surface area contributed by atoms with Crippen molar-refractivity contribution in [3.8, 4) is 33.4 Å². The van der Waals surface area contributed by atoms with E-state index in [1.807, 2.05) is 85.8 Å². The van der Waals surface area contributed by atoms with E-state index < -0.39 is 29.1 Å². The Morgan fingerprint density at radius 2 is 0.699 bits per heavy atom. The van der Waals surface area contributed by atoms with E-state index in [0.29, 0.717) is 59.3 Å². The molecule has 4 aliphatic heterocycles. The van der Waals surface area contributed by atoms with Crippen molar-refractivity contribution in [2.45, 2.75) is 145 Å². The third kappa shape index (κ3) is 23.6. The molecule has 3 N–H and O–H groups in total. The van der Waals surface area contributed by atoms with Gasteiger partial charge in [-0.3, -0.25) is 0 Å². The number of fused-ring (bicyclic) bond motifs is 5. The van der Waals surface area contributed by atoms with E-state index in [4.69, 9.17) is 118 Å². The standard InChI is InChI=1S/C26H24Cl2FN3.C26H24ClF2N3.C25H24Cl2FN3.C20H22ClFN4.C19H18Cl2FN3/c1-17-13-20(19-7-3-4-8-21(19)27)25-24(14-17)32(16-18-9-10-23(29)22(28)15-18)26(30-25)31-11-5-2-6-12-31;1-17-13-20(19-7-3-4-8-22(19)28)25-24(14-17)32(16-18-9-10-23(29)21(27)15-18)26(30-25)31-11-5-2-6-12-31;1-4-11-29-25-30-24-22(31(25)14-17-9-10-21(28)20(27)13-17)12-15(2)16(3)23(24)18-7-5-6-8-19(18)26;1-12-5-18-19(6-13(12)2)26(11-14-3-4-17(22)16(21)7-14)20(25-18)24-10-15-8-23-9-15;20-14-5-7-17-18(11-14)25(12-13-4-6-16(22)15(21)10-13)19(23-17)24-8-2-1-3-9-24/h2*3-4,7-10,13-15H,2,5-6,11-12,16H2,1H3;5-10,12-13H,4,11,14H2,1-3H3,(H,29,30);3-7,15,23H,8-11H2,1-2H3,(H,24,25);4-7,10-11H,1-3,8-9,12H2. The highest BCUT2D eigenvalue weighted by atomic mass is 35.5. The molecule has 0 aliphatic carbocycles. The lowest BCUT2D eigenvalue weighted by molar-refractivity contribution is 0.364. The Balaban J connectivity index is 0.000000120. The molecule has 18 aromatic rings. The zero-order chi connectivity index (χ0) is 102. The van der Waals surface area contributed by atoms with Gasteiger partial charge in [0.25, 0.3) is 0 Å². The lowest BCUT2D eigenvalue weighted by atomic mass is 9.95. The third-order valence-electron chi connectivity index (χ3n) is 27.5. The fourth-order valence-corrected chi connectivity index (χ4v) is 21.2. The number of anilines is 5. The van der Waals surface area contributed by atoms with Crippen LogP contribution in [0, 0.1) is 82.4 Å². The van der Waals surface area contributed by atoms with Gasteiger partial charge in [0, 0.05) is 120 Å². The number of piperidine rings is 3. The predicted octanol–water partition coefficient (Wildman–Crippen LogP) is 31.8. The van der Waals surface area contributed by atoms with Gasteiger partial charge in [-0.25, -0.2) is 51.3 Å². The Bertz CT molecular complexity index is 7620. The molecule has 0 unspecified atom stereocenters. The number of hydrogen-bond acceptors (Lipinski definition) is 11. The van der Waals surface area contributed by atoms with Crippen LogP contribution in [0.2, 0.25) is 40.2 Å². The fourth-order valence-electron chi connectivity index (χ4n) is 19.5. The summed E-state index contributed by atoms with van der Waals surface area (Å²) in [4.78, 5) is 31.8. The van der Waals surface area contributed by atoms with Crippen LogP contribution >= 0.6 is 92.8 Å². The highest BCUT2D eigenvalue weighted by molar-refractivity contribution is 6.35. The van der Waals surface area contributed by atoms with Crippen LogP contribution in [0.5, 0.6) is 0 Å². The summed E-state index contributed by atoms with van der Waals surface area (Å²) >= 11 is 49.5. The zero-order valence-corrected chi connectivity index (χ0v) is 88.3. The molecule has 5 aromatic heterocycles. The summed E-state index contributed by atoms with van der Waals surface area (Å²) in [7, 11) is 0. The number of hydrogen-bond donors (Lipinski definition) is 3. The summed E-state index contributed by atoms with van der Waals surface area (Å²) in [5, 5.41) is 13.0. The van der Waals surface area contributed by atoms with Crippen molar-refractivity contribution >= 4 is 178 Å². The summed E-state index contributed by atoms with van der Waals surface area (Å²) in [6.45, 7) is 27.0. The van der Waals surface area contributed by atoms with Gasteiger partial charge in [0.05, 0.1) is 113 Å². The molecule has 146 heavy (non-hydrogen) atoms. The van der Waals surface area contributed by atoms with E-state index in [1.54, 1.807) is 72.8 Å². The first kappa shape index (κ1) is 104. The van der Waals surface area contributed by atoms with Crippen LogP contribution < -0.4 is 30.7 Å². The Kier molecular flexibility index (Phi) is 33.2. The van der Waals surface area contributed by atoms with Gasteiger partial charge in [-0.05, 0) is 306 Å². The molecule has 0 saturated carbocycles. The smallest absolute Gasteiger partial charge is 0.206 e. The van der Waals surface area contributed by atoms with Crippen LogP contribution in [-0.4, -0.2) is 113 Å². The number of aryl methyl sites for hydroxylation is 5. The first-order valence-electron chi connectivity index (χ1n) is 49.6. The highest BCUT2D eigenvalue weighted by Gasteiger charge is 2.30. The molecule has 0 amide bonds. The number of halogens is 14. The van der Waals surface area contributed by atoms with Crippen LogP contribution in [0.25, 0.3) is 88.5 Å². The average Bonchev–Trinajstić information content (AvgIpc) is 1.62.